The maximum absolute atomic E-state index is 3.99. The minimum Gasteiger partial charge on any atom is -0.0909 e. The Kier molecular flexibility index (Phi) is 1.80. The van der Waals surface area contributed by atoms with E-state index in [1.54, 1.807) is 0 Å². The summed E-state index contributed by atoms with van der Waals surface area (Å²) >= 11 is 0. The summed E-state index contributed by atoms with van der Waals surface area (Å²) in [4.78, 5) is 0. The van der Waals surface area contributed by atoms with Gasteiger partial charge in [-0.15, -0.1) is 0 Å². The molecule has 0 atom stereocenters. The Bertz CT molecular complexity index is 226. The summed E-state index contributed by atoms with van der Waals surface area (Å²) in [5.74, 6) is 0. The van der Waals surface area contributed by atoms with Crippen LogP contribution in [0.3, 0.4) is 0 Å². The first-order valence-electron chi connectivity index (χ1n) is 3.78. The van der Waals surface area contributed by atoms with Crippen molar-refractivity contribution in [1.29, 1.82) is 0 Å². The Hall–Kier alpha value is -0.780. The fourth-order valence-corrected chi connectivity index (χ4v) is 1.58. The van der Waals surface area contributed by atoms with Crippen LogP contribution in [0.4, 0.5) is 0 Å². The molecule has 0 radical (unpaired) electrons. The molecule has 0 aliphatic heterocycles. The van der Waals surface area contributed by atoms with Crippen LogP contribution in [-0.4, -0.2) is 0 Å². The third kappa shape index (κ3) is 0.756. The predicted molar refractivity (Wildman–Crippen MR) is 45.9 cm³/mol. The molecule has 54 valence electrons. The number of hydrogen-bond donors (Lipinski definition) is 0. The van der Waals surface area contributed by atoms with Gasteiger partial charge >= 0.3 is 0 Å². The first-order chi connectivity index (χ1) is 4.72. The summed E-state index contributed by atoms with van der Waals surface area (Å²) < 4.78 is 0. The topological polar surface area (TPSA) is 0 Å². The van der Waals surface area contributed by atoms with E-state index in [1.807, 2.05) is 0 Å². The molecule has 0 aromatic rings. The van der Waals surface area contributed by atoms with Gasteiger partial charge in [-0.1, -0.05) is 19.6 Å². The zero-order chi connectivity index (χ0) is 7.72. The molecule has 0 aromatic carbocycles. The lowest BCUT2D eigenvalue weighted by atomic mass is 9.78. The predicted octanol–water partition coefficient (Wildman–Crippen LogP) is 3.23. The fourth-order valence-electron chi connectivity index (χ4n) is 1.58. The molecule has 10 heavy (non-hydrogen) atoms. The second kappa shape index (κ2) is 2.45. The maximum atomic E-state index is 3.99. The fraction of sp³-hybridized carbons (Fsp3) is 0.400. The molecule has 0 N–H and O–H groups in total. The Labute approximate surface area is 62.9 Å². The number of hydrogen-bond acceptors (Lipinski definition) is 0. The molecule has 0 amide bonds. The van der Waals surface area contributed by atoms with E-state index in [0.29, 0.717) is 0 Å². The maximum Gasteiger partial charge on any atom is -0.0198 e. The molecule has 0 bridgehead atoms. The van der Waals surface area contributed by atoms with E-state index in [9.17, 15) is 0 Å². The van der Waals surface area contributed by atoms with E-state index in [4.69, 9.17) is 0 Å². The minimum atomic E-state index is 1.13. The Morgan fingerprint density at radius 1 is 1.50 bits per heavy atom. The van der Waals surface area contributed by atoms with E-state index in [-0.39, 0.29) is 0 Å². The van der Waals surface area contributed by atoms with Crippen LogP contribution in [0.2, 0.25) is 0 Å². The van der Waals surface area contributed by atoms with Gasteiger partial charge in [0.25, 0.3) is 0 Å². The van der Waals surface area contributed by atoms with Crippen molar-refractivity contribution in [3.8, 4) is 0 Å². The van der Waals surface area contributed by atoms with Gasteiger partial charge in [-0.05, 0) is 42.6 Å². The highest BCUT2D eigenvalue weighted by Gasteiger charge is 2.20. The van der Waals surface area contributed by atoms with Crippen LogP contribution in [0.1, 0.15) is 27.2 Å². The molecule has 0 spiro atoms. The van der Waals surface area contributed by atoms with E-state index >= 15 is 0 Å². The molecule has 0 heterocycles. The molecule has 1 rings (SSSR count). The molecule has 0 heteroatoms. The van der Waals surface area contributed by atoms with Crippen molar-refractivity contribution in [1.82, 2.24) is 0 Å². The summed E-state index contributed by atoms with van der Waals surface area (Å²) in [6.45, 7) is 10.4. The van der Waals surface area contributed by atoms with Crippen LogP contribution < -0.4 is 0 Å². The summed E-state index contributed by atoms with van der Waals surface area (Å²) in [6.07, 6.45) is 3.26. The highest BCUT2D eigenvalue weighted by Crippen LogP contribution is 2.39. The summed E-state index contributed by atoms with van der Waals surface area (Å²) in [5.41, 5.74) is 5.50. The molecule has 0 unspecified atom stereocenters. The Morgan fingerprint density at radius 2 is 2.10 bits per heavy atom. The lowest BCUT2D eigenvalue weighted by Crippen LogP contribution is -2.08. The minimum absolute atomic E-state index is 1.13. The van der Waals surface area contributed by atoms with Crippen LogP contribution >= 0.6 is 0 Å². The molecule has 1 aliphatic carbocycles. The molecule has 0 nitrogen and oxygen atoms in total. The highest BCUT2D eigenvalue weighted by molar-refractivity contribution is 5.67. The van der Waals surface area contributed by atoms with Gasteiger partial charge in [0.05, 0.1) is 0 Å². The smallest absolute Gasteiger partial charge is 0.0198 e. The summed E-state index contributed by atoms with van der Waals surface area (Å²) in [6, 6.07) is 0. The van der Waals surface area contributed by atoms with Gasteiger partial charge in [0.2, 0.25) is 0 Å². The normalized spacial score (nSPS) is 21.9. The summed E-state index contributed by atoms with van der Waals surface area (Å²) in [7, 11) is 0. The van der Waals surface area contributed by atoms with Gasteiger partial charge in [-0.25, -0.2) is 0 Å². The van der Waals surface area contributed by atoms with Crippen LogP contribution in [0.15, 0.2) is 34.9 Å². The van der Waals surface area contributed by atoms with E-state index in [1.165, 1.54) is 22.3 Å². The lowest BCUT2D eigenvalue weighted by Gasteiger charge is -2.26. The van der Waals surface area contributed by atoms with Crippen LogP contribution in [0.5, 0.6) is 0 Å². The lowest BCUT2D eigenvalue weighted by molar-refractivity contribution is 1.02. The number of allylic oxidation sites excluding steroid dienone is 5. The van der Waals surface area contributed by atoms with Crippen molar-refractivity contribution in [2.24, 2.45) is 0 Å². The van der Waals surface area contributed by atoms with Gasteiger partial charge < -0.3 is 0 Å². The average molecular weight is 134 g/mol. The van der Waals surface area contributed by atoms with E-state index in [0.717, 1.165) is 6.42 Å². The largest absolute Gasteiger partial charge is 0.0909 e. The van der Waals surface area contributed by atoms with Crippen LogP contribution in [0, 0.1) is 0 Å². The van der Waals surface area contributed by atoms with Crippen LogP contribution in [-0.2, 0) is 0 Å². The average Bonchev–Trinajstić information content (AvgIpc) is 1.90. The third-order valence-corrected chi connectivity index (χ3v) is 2.19. The van der Waals surface area contributed by atoms with Gasteiger partial charge in [0.15, 0.2) is 0 Å². The standard InChI is InChI=1S/C10H14/c1-5-9-7(3)10(6-2)8(9)4/h5H,3,6H2,1-2,4H3/b9-5-. The quantitative estimate of drug-likeness (QED) is 0.516. The molecule has 0 saturated carbocycles. The molecule has 0 fully saturated rings. The van der Waals surface area contributed by atoms with Gasteiger partial charge in [-0.3, -0.25) is 0 Å². The molecule has 0 saturated heterocycles. The Balaban J connectivity index is 2.99. The zero-order valence-electron chi connectivity index (χ0n) is 6.99. The Morgan fingerprint density at radius 3 is 2.40 bits per heavy atom. The van der Waals surface area contributed by atoms with E-state index in [2.05, 4.69) is 33.4 Å². The van der Waals surface area contributed by atoms with E-state index < -0.39 is 0 Å². The zero-order valence-corrected chi connectivity index (χ0v) is 6.99. The van der Waals surface area contributed by atoms with Gasteiger partial charge in [-0.2, -0.15) is 0 Å². The molecule has 1 aliphatic rings. The summed E-state index contributed by atoms with van der Waals surface area (Å²) in [5, 5.41) is 0. The van der Waals surface area contributed by atoms with Crippen LogP contribution in [0.25, 0.3) is 0 Å². The molecular formula is C10H14. The second-order valence-electron chi connectivity index (χ2n) is 2.64. The van der Waals surface area contributed by atoms with Gasteiger partial charge in [0.1, 0.15) is 0 Å². The van der Waals surface area contributed by atoms with Crippen molar-refractivity contribution in [3.63, 3.8) is 0 Å². The van der Waals surface area contributed by atoms with Crippen molar-refractivity contribution < 1.29 is 0 Å². The van der Waals surface area contributed by atoms with Crippen molar-refractivity contribution in [2.45, 2.75) is 27.2 Å². The second-order valence-corrected chi connectivity index (χ2v) is 2.64. The number of rotatable bonds is 1. The SMILES string of the molecule is C=C1C(CC)=C(C)/C1=C\C. The molecule has 0 aromatic heterocycles. The van der Waals surface area contributed by atoms with Crippen molar-refractivity contribution >= 4 is 0 Å². The molecular weight excluding hydrogens is 120 g/mol. The third-order valence-electron chi connectivity index (χ3n) is 2.19. The van der Waals surface area contributed by atoms with Gasteiger partial charge in [0, 0.05) is 0 Å². The first-order valence-corrected chi connectivity index (χ1v) is 3.78. The highest BCUT2D eigenvalue weighted by atomic mass is 14.2. The van der Waals surface area contributed by atoms with Crippen molar-refractivity contribution in [2.75, 3.05) is 0 Å². The van der Waals surface area contributed by atoms with Crippen molar-refractivity contribution in [3.05, 3.63) is 34.9 Å². The monoisotopic (exact) mass is 134 g/mol. The first kappa shape index (κ1) is 7.33.